The van der Waals surface area contributed by atoms with Crippen molar-refractivity contribution >= 4 is 11.6 Å². The van der Waals surface area contributed by atoms with E-state index in [9.17, 15) is 18.0 Å². The molecule has 6 nitrogen and oxygen atoms in total. The number of rotatable bonds is 7. The van der Waals surface area contributed by atoms with Crippen molar-refractivity contribution in [3.8, 4) is 17.2 Å². The lowest BCUT2D eigenvalue weighted by Crippen LogP contribution is -2.14. The first-order valence-corrected chi connectivity index (χ1v) is 9.03. The van der Waals surface area contributed by atoms with Crippen LogP contribution in [0.2, 0.25) is 0 Å². The molecular formula is C21H20F3N3O3. The topological polar surface area (TPSA) is 65.4 Å². The number of nitrogens with one attached hydrogen (secondary N) is 1. The van der Waals surface area contributed by atoms with E-state index in [1.807, 2.05) is 12.1 Å². The quantitative estimate of drug-likeness (QED) is 0.613. The average molecular weight is 419 g/mol. The number of nitrogens with zero attached hydrogens (tertiary/aromatic N) is 2. The van der Waals surface area contributed by atoms with Gasteiger partial charge in [0.05, 0.1) is 26.1 Å². The molecule has 0 saturated carbocycles. The lowest BCUT2D eigenvalue weighted by Gasteiger charge is -2.11. The Labute approximate surface area is 171 Å². The fraction of sp³-hybridized carbons (Fsp3) is 0.238. The minimum absolute atomic E-state index is 0.218. The molecule has 0 fully saturated rings. The number of carbonyl (C=O) groups excluding carboxylic acids is 1. The molecule has 9 heteroatoms. The third-order valence-corrected chi connectivity index (χ3v) is 4.38. The summed E-state index contributed by atoms with van der Waals surface area (Å²) in [4.78, 5) is 12.3. The van der Waals surface area contributed by atoms with Gasteiger partial charge in [0.1, 0.15) is 17.2 Å². The van der Waals surface area contributed by atoms with Crippen molar-refractivity contribution in [1.82, 2.24) is 9.78 Å². The zero-order chi connectivity index (χ0) is 21.7. The number of ether oxygens (including phenoxy) is 2. The Hall–Kier alpha value is -3.49. The number of halogens is 3. The van der Waals surface area contributed by atoms with Gasteiger partial charge in [0, 0.05) is 18.2 Å². The lowest BCUT2D eigenvalue weighted by atomic mass is 10.1. The van der Waals surface area contributed by atoms with E-state index < -0.39 is 11.9 Å². The molecule has 0 aliphatic rings. The molecule has 158 valence electrons. The van der Waals surface area contributed by atoms with Gasteiger partial charge in [0.15, 0.2) is 0 Å². The van der Waals surface area contributed by atoms with Crippen LogP contribution in [0.5, 0.6) is 11.5 Å². The number of hydrogen-bond donors (Lipinski definition) is 1. The highest BCUT2D eigenvalue weighted by Crippen LogP contribution is 2.30. The molecule has 0 aliphatic heterocycles. The van der Waals surface area contributed by atoms with Crippen molar-refractivity contribution in [2.75, 3.05) is 19.5 Å². The Bertz CT molecular complexity index is 992. The molecule has 0 atom stereocenters. The molecule has 30 heavy (non-hydrogen) atoms. The van der Waals surface area contributed by atoms with E-state index in [2.05, 4.69) is 10.4 Å². The molecule has 1 N–H and O–H groups in total. The average Bonchev–Trinajstić information content (AvgIpc) is 3.23. The highest BCUT2D eigenvalue weighted by atomic mass is 19.4. The van der Waals surface area contributed by atoms with Crippen molar-refractivity contribution in [2.24, 2.45) is 0 Å². The van der Waals surface area contributed by atoms with Crippen LogP contribution in [0.3, 0.4) is 0 Å². The molecule has 0 aliphatic carbocycles. The minimum Gasteiger partial charge on any atom is -0.497 e. The van der Waals surface area contributed by atoms with E-state index in [4.69, 9.17) is 9.47 Å². The van der Waals surface area contributed by atoms with Crippen LogP contribution in [0.1, 0.15) is 17.7 Å². The lowest BCUT2D eigenvalue weighted by molar-refractivity contribution is -0.142. The number of amides is 1. The maximum Gasteiger partial charge on any atom is 0.433 e. The summed E-state index contributed by atoms with van der Waals surface area (Å²) >= 11 is 0. The predicted octanol–water partition coefficient (Wildman–Crippen LogP) is 4.48. The van der Waals surface area contributed by atoms with Crippen molar-refractivity contribution in [3.63, 3.8) is 0 Å². The van der Waals surface area contributed by atoms with Crippen LogP contribution in [0.15, 0.2) is 54.7 Å². The number of aryl methyl sites for hydroxylation is 1. The van der Waals surface area contributed by atoms with E-state index in [0.29, 0.717) is 23.6 Å². The third kappa shape index (κ3) is 5.11. The summed E-state index contributed by atoms with van der Waals surface area (Å²) in [5.74, 6) is 1.05. The van der Waals surface area contributed by atoms with Crippen LogP contribution in [0.4, 0.5) is 18.9 Å². The number of benzene rings is 2. The van der Waals surface area contributed by atoms with E-state index in [0.717, 1.165) is 22.5 Å². The van der Waals surface area contributed by atoms with Gasteiger partial charge in [-0.1, -0.05) is 0 Å². The molecule has 0 spiro atoms. The fourth-order valence-electron chi connectivity index (χ4n) is 2.90. The van der Waals surface area contributed by atoms with Crippen LogP contribution in [-0.4, -0.2) is 29.9 Å². The number of carbonyl (C=O) groups is 1. The first kappa shape index (κ1) is 21.2. The van der Waals surface area contributed by atoms with Gasteiger partial charge in [-0.05, 0) is 54.4 Å². The molecular weight excluding hydrogens is 399 g/mol. The molecule has 3 rings (SSSR count). The van der Waals surface area contributed by atoms with Gasteiger partial charge >= 0.3 is 6.18 Å². The van der Waals surface area contributed by atoms with Crippen LogP contribution in [0, 0.1) is 0 Å². The van der Waals surface area contributed by atoms with Crippen LogP contribution < -0.4 is 14.8 Å². The summed E-state index contributed by atoms with van der Waals surface area (Å²) in [5.41, 5.74) is 0.740. The summed E-state index contributed by atoms with van der Waals surface area (Å²) in [6.45, 7) is 0. The van der Waals surface area contributed by atoms with Gasteiger partial charge in [-0.25, -0.2) is 4.68 Å². The van der Waals surface area contributed by atoms with Gasteiger partial charge in [-0.15, -0.1) is 0 Å². The zero-order valence-corrected chi connectivity index (χ0v) is 16.4. The summed E-state index contributed by atoms with van der Waals surface area (Å²) in [6, 6.07) is 12.3. The molecule has 1 amide bonds. The highest BCUT2D eigenvalue weighted by Gasteiger charge is 2.35. The molecule has 1 aromatic heterocycles. The summed E-state index contributed by atoms with van der Waals surface area (Å²) in [5, 5.41) is 6.46. The van der Waals surface area contributed by atoms with Crippen molar-refractivity contribution < 1.29 is 27.4 Å². The Morgan fingerprint density at radius 3 is 2.23 bits per heavy atom. The fourth-order valence-corrected chi connectivity index (χ4v) is 2.90. The molecule has 0 bridgehead atoms. The number of aromatic nitrogens is 2. The Morgan fingerprint density at radius 2 is 1.67 bits per heavy atom. The second kappa shape index (κ2) is 8.89. The van der Waals surface area contributed by atoms with Gasteiger partial charge in [0.2, 0.25) is 5.91 Å². The largest absolute Gasteiger partial charge is 0.497 e. The number of anilines is 1. The van der Waals surface area contributed by atoms with Crippen molar-refractivity contribution in [3.05, 3.63) is 66.0 Å². The van der Waals surface area contributed by atoms with Gasteiger partial charge in [0.25, 0.3) is 0 Å². The molecule has 0 unspecified atom stereocenters. The zero-order valence-electron chi connectivity index (χ0n) is 16.4. The van der Waals surface area contributed by atoms with E-state index in [-0.39, 0.29) is 18.0 Å². The Morgan fingerprint density at radius 1 is 1.03 bits per heavy atom. The first-order valence-electron chi connectivity index (χ1n) is 9.03. The van der Waals surface area contributed by atoms with Gasteiger partial charge < -0.3 is 14.8 Å². The summed E-state index contributed by atoms with van der Waals surface area (Å²) < 4.78 is 50.2. The SMILES string of the molecule is COc1cc(CCC(=O)Nc2ccc(-n3nccc3C(F)(F)F)cc2)cc(OC)c1. The van der Waals surface area contributed by atoms with Crippen LogP contribution in [0.25, 0.3) is 5.69 Å². The van der Waals surface area contributed by atoms with Gasteiger partial charge in [-0.2, -0.15) is 18.3 Å². The standard InChI is InChI=1S/C21H20F3N3O3/c1-29-17-11-14(12-18(13-17)30-2)3-8-20(28)26-15-4-6-16(7-5-15)27-19(9-10-25-27)21(22,23)24/h4-7,9-13H,3,8H2,1-2H3,(H,26,28). The molecule has 0 radical (unpaired) electrons. The highest BCUT2D eigenvalue weighted by molar-refractivity contribution is 5.90. The first-order chi connectivity index (χ1) is 14.3. The minimum atomic E-state index is -4.51. The van der Waals surface area contributed by atoms with E-state index in [1.165, 1.54) is 24.3 Å². The monoisotopic (exact) mass is 419 g/mol. The number of hydrogen-bond acceptors (Lipinski definition) is 4. The second-order valence-electron chi connectivity index (χ2n) is 6.44. The summed E-state index contributed by atoms with van der Waals surface area (Å²) in [6.07, 6.45) is -2.73. The van der Waals surface area contributed by atoms with Crippen molar-refractivity contribution in [1.29, 1.82) is 0 Å². The normalized spacial score (nSPS) is 11.2. The molecule has 2 aromatic carbocycles. The van der Waals surface area contributed by atoms with Gasteiger partial charge in [-0.3, -0.25) is 4.79 Å². The Kier molecular flexibility index (Phi) is 6.29. The maximum atomic E-state index is 13.0. The predicted molar refractivity (Wildman–Crippen MR) is 105 cm³/mol. The third-order valence-electron chi connectivity index (χ3n) is 4.38. The second-order valence-corrected chi connectivity index (χ2v) is 6.44. The Balaban J connectivity index is 1.62. The number of methoxy groups -OCH3 is 2. The van der Waals surface area contributed by atoms with Crippen LogP contribution in [-0.2, 0) is 17.4 Å². The van der Waals surface area contributed by atoms with E-state index >= 15 is 0 Å². The number of alkyl halides is 3. The smallest absolute Gasteiger partial charge is 0.433 e. The molecule has 0 saturated heterocycles. The molecule has 1 heterocycles. The van der Waals surface area contributed by atoms with E-state index in [1.54, 1.807) is 20.3 Å². The summed E-state index contributed by atoms with van der Waals surface area (Å²) in [7, 11) is 3.10. The maximum absolute atomic E-state index is 13.0. The van der Waals surface area contributed by atoms with Crippen molar-refractivity contribution in [2.45, 2.75) is 19.0 Å². The van der Waals surface area contributed by atoms with Crippen LogP contribution >= 0.6 is 0 Å². The molecule has 3 aromatic rings.